The van der Waals surface area contributed by atoms with E-state index in [2.05, 4.69) is 21.3 Å². The molecule has 0 aliphatic heterocycles. The second-order valence-electron chi connectivity index (χ2n) is 5.89. The first-order valence-corrected chi connectivity index (χ1v) is 10.0. The molecule has 0 spiro atoms. The van der Waals surface area contributed by atoms with Crippen molar-refractivity contribution < 1.29 is 12.9 Å². The highest BCUT2D eigenvalue weighted by Gasteiger charge is 2.35. The number of hydrogen-bond acceptors (Lipinski definition) is 5. The van der Waals surface area contributed by atoms with Gasteiger partial charge in [0.2, 0.25) is 10.0 Å². The van der Waals surface area contributed by atoms with E-state index in [1.807, 2.05) is 6.07 Å². The molecule has 22 heavy (non-hydrogen) atoms. The molecule has 0 unspecified atom stereocenters. The van der Waals surface area contributed by atoms with Crippen LogP contribution in [0.1, 0.15) is 42.7 Å². The van der Waals surface area contributed by atoms with Crippen molar-refractivity contribution in [3.8, 4) is 0 Å². The Bertz CT molecular complexity index is 672. The van der Waals surface area contributed by atoms with Gasteiger partial charge in [-0.2, -0.15) is 0 Å². The lowest BCUT2D eigenvalue weighted by atomic mass is 9.73. The highest BCUT2D eigenvalue weighted by Crippen LogP contribution is 2.41. The number of sulfonamides is 1. The van der Waals surface area contributed by atoms with Crippen molar-refractivity contribution in [2.24, 2.45) is 0 Å². The summed E-state index contributed by atoms with van der Waals surface area (Å²) in [5, 5.41) is 5.74. The number of aromatic nitrogens is 1. The molecular weight excluding hydrogens is 320 g/mol. The molecule has 0 atom stereocenters. The van der Waals surface area contributed by atoms with Gasteiger partial charge >= 0.3 is 0 Å². The Morgan fingerprint density at radius 2 is 2.09 bits per heavy atom. The second-order valence-corrected chi connectivity index (χ2v) is 8.64. The second kappa shape index (κ2) is 6.52. The third-order valence-electron chi connectivity index (χ3n) is 4.31. The SMILES string of the molecule is O=S(=O)(Cc1ccon1)NCC1(c2cccs2)CCCCC1. The van der Waals surface area contributed by atoms with Gasteiger partial charge in [0.15, 0.2) is 0 Å². The molecule has 0 radical (unpaired) electrons. The van der Waals surface area contributed by atoms with Gasteiger partial charge in [0.25, 0.3) is 0 Å². The molecule has 1 aliphatic rings. The third kappa shape index (κ3) is 3.59. The molecule has 1 N–H and O–H groups in total. The van der Waals surface area contributed by atoms with Crippen LogP contribution in [0.15, 0.2) is 34.4 Å². The van der Waals surface area contributed by atoms with E-state index in [1.54, 1.807) is 17.4 Å². The van der Waals surface area contributed by atoms with Gasteiger partial charge in [0, 0.05) is 22.9 Å². The number of thiophene rings is 1. The molecule has 0 aromatic carbocycles. The van der Waals surface area contributed by atoms with E-state index in [0.717, 1.165) is 25.7 Å². The quantitative estimate of drug-likeness (QED) is 0.877. The fraction of sp³-hybridized carbons (Fsp3) is 0.533. The lowest BCUT2D eigenvalue weighted by Gasteiger charge is -2.36. The lowest BCUT2D eigenvalue weighted by molar-refractivity contribution is 0.298. The minimum absolute atomic E-state index is 0.0523. The molecule has 0 saturated heterocycles. The molecule has 2 aromatic heterocycles. The van der Waals surface area contributed by atoms with Crippen LogP contribution >= 0.6 is 11.3 Å². The highest BCUT2D eigenvalue weighted by molar-refractivity contribution is 7.88. The summed E-state index contributed by atoms with van der Waals surface area (Å²) in [4.78, 5) is 1.29. The van der Waals surface area contributed by atoms with Crippen molar-refractivity contribution in [3.63, 3.8) is 0 Å². The fourth-order valence-corrected chi connectivity index (χ4v) is 5.25. The third-order valence-corrected chi connectivity index (χ3v) is 6.69. The van der Waals surface area contributed by atoms with Crippen molar-refractivity contribution in [2.75, 3.05) is 6.54 Å². The monoisotopic (exact) mass is 340 g/mol. The van der Waals surface area contributed by atoms with Gasteiger partial charge in [-0.15, -0.1) is 11.3 Å². The van der Waals surface area contributed by atoms with Gasteiger partial charge in [-0.3, -0.25) is 0 Å². The Labute approximate surface area is 134 Å². The first-order valence-electron chi connectivity index (χ1n) is 7.50. The molecule has 2 heterocycles. The van der Waals surface area contributed by atoms with Crippen LogP contribution in [-0.2, 0) is 21.2 Å². The molecule has 1 saturated carbocycles. The maximum Gasteiger partial charge on any atom is 0.217 e. The maximum absolute atomic E-state index is 12.3. The van der Waals surface area contributed by atoms with Gasteiger partial charge in [-0.25, -0.2) is 13.1 Å². The number of rotatable bonds is 6. The summed E-state index contributed by atoms with van der Waals surface area (Å²) in [5.41, 5.74) is 0.380. The summed E-state index contributed by atoms with van der Waals surface area (Å²) >= 11 is 1.72. The summed E-state index contributed by atoms with van der Waals surface area (Å²) in [5.74, 6) is -0.135. The number of hydrogen-bond donors (Lipinski definition) is 1. The summed E-state index contributed by atoms with van der Waals surface area (Å²) in [6.07, 6.45) is 7.02. The zero-order chi connectivity index (χ0) is 15.5. The van der Waals surface area contributed by atoms with Crippen LogP contribution in [0.2, 0.25) is 0 Å². The van der Waals surface area contributed by atoms with Crippen LogP contribution < -0.4 is 4.72 Å². The summed E-state index contributed by atoms with van der Waals surface area (Å²) in [6.45, 7) is 0.466. The van der Waals surface area contributed by atoms with E-state index in [-0.39, 0.29) is 11.2 Å². The molecule has 3 rings (SSSR count). The van der Waals surface area contributed by atoms with Crippen LogP contribution in [0.4, 0.5) is 0 Å². The fourth-order valence-electron chi connectivity index (χ4n) is 3.12. The largest absolute Gasteiger partial charge is 0.364 e. The van der Waals surface area contributed by atoms with Crippen molar-refractivity contribution in [1.82, 2.24) is 9.88 Å². The smallest absolute Gasteiger partial charge is 0.217 e. The molecular formula is C15H20N2O3S2. The van der Waals surface area contributed by atoms with E-state index >= 15 is 0 Å². The van der Waals surface area contributed by atoms with E-state index < -0.39 is 10.0 Å². The normalized spacial score (nSPS) is 18.4. The zero-order valence-electron chi connectivity index (χ0n) is 12.3. The van der Waals surface area contributed by atoms with Gasteiger partial charge < -0.3 is 4.52 Å². The number of nitrogens with one attached hydrogen (secondary N) is 1. The van der Waals surface area contributed by atoms with Gasteiger partial charge in [-0.1, -0.05) is 30.5 Å². The van der Waals surface area contributed by atoms with E-state index in [9.17, 15) is 8.42 Å². The van der Waals surface area contributed by atoms with Crippen molar-refractivity contribution >= 4 is 21.4 Å². The minimum Gasteiger partial charge on any atom is -0.364 e. The predicted octanol–water partition coefficient (Wildman–Crippen LogP) is 3.06. The molecule has 5 nitrogen and oxygen atoms in total. The van der Waals surface area contributed by atoms with Gasteiger partial charge in [0.1, 0.15) is 12.0 Å². The van der Waals surface area contributed by atoms with Gasteiger partial charge in [-0.05, 0) is 24.3 Å². The van der Waals surface area contributed by atoms with Crippen molar-refractivity contribution in [1.29, 1.82) is 0 Å². The highest BCUT2D eigenvalue weighted by atomic mass is 32.2. The Morgan fingerprint density at radius 1 is 1.27 bits per heavy atom. The van der Waals surface area contributed by atoms with E-state index in [0.29, 0.717) is 12.2 Å². The van der Waals surface area contributed by atoms with Crippen molar-refractivity contribution in [3.05, 3.63) is 40.4 Å². The Kier molecular flexibility index (Phi) is 4.65. The zero-order valence-corrected chi connectivity index (χ0v) is 14.0. The Balaban J connectivity index is 1.71. The minimum atomic E-state index is -3.40. The average Bonchev–Trinajstić information content (AvgIpc) is 3.19. The molecule has 120 valence electrons. The van der Waals surface area contributed by atoms with Crippen LogP contribution in [0.5, 0.6) is 0 Å². The van der Waals surface area contributed by atoms with E-state index in [1.165, 1.54) is 17.6 Å². The van der Waals surface area contributed by atoms with Crippen LogP contribution in [0.3, 0.4) is 0 Å². The first-order chi connectivity index (χ1) is 10.6. The summed E-state index contributed by atoms with van der Waals surface area (Å²) < 4.78 is 32.0. The molecule has 0 bridgehead atoms. The van der Waals surface area contributed by atoms with Crippen molar-refractivity contribution in [2.45, 2.75) is 43.3 Å². The maximum atomic E-state index is 12.3. The average molecular weight is 340 g/mol. The van der Waals surface area contributed by atoms with Gasteiger partial charge in [0.05, 0.1) is 5.69 Å². The summed E-state index contributed by atoms with van der Waals surface area (Å²) in [6, 6.07) is 5.75. The molecule has 1 fully saturated rings. The summed E-state index contributed by atoms with van der Waals surface area (Å²) in [7, 11) is -3.40. The topological polar surface area (TPSA) is 72.2 Å². The molecule has 1 aliphatic carbocycles. The Morgan fingerprint density at radius 3 is 2.73 bits per heavy atom. The van der Waals surface area contributed by atoms with Crippen LogP contribution in [0, 0.1) is 0 Å². The standard InChI is InChI=1S/C15H20N2O3S2/c18-22(19,11-13-6-9-20-17-13)16-12-15(7-2-1-3-8-15)14-5-4-10-21-14/h4-6,9-10,16H,1-3,7-8,11-12H2. The number of nitrogens with zero attached hydrogens (tertiary/aromatic N) is 1. The lowest BCUT2D eigenvalue weighted by Crippen LogP contribution is -2.42. The molecule has 2 aromatic rings. The van der Waals surface area contributed by atoms with Crippen LogP contribution in [0.25, 0.3) is 0 Å². The first kappa shape index (κ1) is 15.7. The molecule has 0 amide bonds. The Hall–Kier alpha value is -1.18. The molecule has 7 heteroatoms. The van der Waals surface area contributed by atoms with E-state index in [4.69, 9.17) is 4.52 Å². The van der Waals surface area contributed by atoms with Crippen LogP contribution in [-0.4, -0.2) is 20.1 Å². The predicted molar refractivity (Wildman–Crippen MR) is 86.2 cm³/mol.